The van der Waals surface area contributed by atoms with E-state index in [1.54, 1.807) is 48.5 Å². The number of carbonyl (C=O) groups excluding carboxylic acids is 2. The maximum atomic E-state index is 13.3. The molecule has 2 fully saturated rings. The molecule has 2 aliphatic rings. The number of fused-ring (bicyclic) bond motifs is 1. The molecule has 29 heavy (non-hydrogen) atoms. The van der Waals surface area contributed by atoms with Crippen molar-refractivity contribution in [3.63, 3.8) is 0 Å². The number of aliphatic carboxylic acids is 1. The van der Waals surface area contributed by atoms with E-state index < -0.39 is 41.7 Å². The minimum atomic E-state index is -1.19. The first-order valence-corrected chi connectivity index (χ1v) is 9.12. The van der Waals surface area contributed by atoms with Gasteiger partial charge < -0.3 is 14.6 Å². The molecule has 8 nitrogen and oxygen atoms in total. The third-order valence-electron chi connectivity index (χ3n) is 5.52. The van der Waals surface area contributed by atoms with Crippen LogP contribution in [-0.4, -0.2) is 43.2 Å². The summed E-state index contributed by atoms with van der Waals surface area (Å²) in [6.45, 7) is 0. The molecule has 0 bridgehead atoms. The summed E-state index contributed by atoms with van der Waals surface area (Å²) in [5.41, 5.74) is 0.999. The van der Waals surface area contributed by atoms with Gasteiger partial charge >= 0.3 is 5.97 Å². The van der Waals surface area contributed by atoms with E-state index in [0.717, 1.165) is 4.90 Å². The predicted molar refractivity (Wildman–Crippen MR) is 103 cm³/mol. The van der Waals surface area contributed by atoms with E-state index in [-0.39, 0.29) is 0 Å². The Bertz CT molecular complexity index is 976. The highest BCUT2D eigenvalue weighted by Gasteiger charge is 2.61. The van der Waals surface area contributed by atoms with E-state index in [9.17, 15) is 19.5 Å². The number of carboxylic acids is 1. The molecule has 0 spiro atoms. The van der Waals surface area contributed by atoms with Crippen LogP contribution in [0.5, 0.6) is 11.5 Å². The summed E-state index contributed by atoms with van der Waals surface area (Å²) in [5, 5.41) is 12.7. The van der Waals surface area contributed by atoms with Crippen molar-refractivity contribution in [3.05, 3.63) is 54.1 Å². The van der Waals surface area contributed by atoms with Crippen LogP contribution in [0.25, 0.3) is 0 Å². The van der Waals surface area contributed by atoms with Crippen molar-refractivity contribution in [2.75, 3.05) is 19.1 Å². The van der Waals surface area contributed by atoms with Gasteiger partial charge in [0.2, 0.25) is 11.8 Å². The lowest BCUT2D eigenvalue weighted by molar-refractivity contribution is -0.142. The number of anilines is 1. The molecule has 4 atom stereocenters. The zero-order chi connectivity index (χ0) is 20.7. The van der Waals surface area contributed by atoms with Crippen molar-refractivity contribution < 1.29 is 29.0 Å². The van der Waals surface area contributed by atoms with Gasteiger partial charge in [-0.1, -0.05) is 30.3 Å². The average Bonchev–Trinajstić information content (AvgIpc) is 3.25. The molecule has 0 aliphatic carbocycles. The molecule has 0 radical (unpaired) electrons. The van der Waals surface area contributed by atoms with Crippen molar-refractivity contribution in [2.24, 2.45) is 11.8 Å². The zero-order valence-corrected chi connectivity index (χ0v) is 15.9. The summed E-state index contributed by atoms with van der Waals surface area (Å²) < 4.78 is 10.8. The largest absolute Gasteiger partial charge is 0.493 e. The Hall–Kier alpha value is -3.39. The number of benzene rings is 2. The summed E-state index contributed by atoms with van der Waals surface area (Å²) in [7, 11) is 2.97. The highest BCUT2D eigenvalue weighted by molar-refractivity contribution is 6.23. The predicted octanol–water partition coefficient (Wildman–Crippen LogP) is 1.61. The Balaban J connectivity index is 1.82. The fraction of sp³-hybridized carbons (Fsp3) is 0.286. The standard InChI is InChI=1S/C21H20N2O6/c1-28-13-10-6-9-12(18(13)29-2)16-14-15(17(22-16)21(26)27)20(25)23(19(14)24)11-7-4-3-5-8-11/h3-10,14-17,22H,1-2H3,(H,26,27). The Morgan fingerprint density at radius 3 is 2.28 bits per heavy atom. The molecule has 4 rings (SSSR count). The fourth-order valence-corrected chi connectivity index (χ4v) is 4.31. The molecule has 2 N–H and O–H groups in total. The Morgan fingerprint density at radius 1 is 0.966 bits per heavy atom. The number of nitrogens with one attached hydrogen (secondary N) is 1. The number of rotatable bonds is 5. The molecular formula is C21H20N2O6. The van der Waals surface area contributed by atoms with Crippen LogP contribution in [0.4, 0.5) is 5.69 Å². The van der Waals surface area contributed by atoms with Crippen molar-refractivity contribution in [1.29, 1.82) is 0 Å². The highest BCUT2D eigenvalue weighted by atomic mass is 16.5. The number of carbonyl (C=O) groups is 3. The molecule has 2 aromatic carbocycles. The maximum absolute atomic E-state index is 13.3. The molecule has 2 aromatic rings. The molecule has 4 unspecified atom stereocenters. The van der Waals surface area contributed by atoms with E-state index in [1.807, 2.05) is 0 Å². The van der Waals surface area contributed by atoms with Crippen LogP contribution in [0.2, 0.25) is 0 Å². The number of methoxy groups -OCH3 is 2. The molecule has 2 saturated heterocycles. The van der Waals surface area contributed by atoms with Crippen LogP contribution in [0.1, 0.15) is 11.6 Å². The van der Waals surface area contributed by atoms with E-state index in [2.05, 4.69) is 5.32 Å². The second-order valence-corrected chi connectivity index (χ2v) is 6.94. The second-order valence-electron chi connectivity index (χ2n) is 6.94. The lowest BCUT2D eigenvalue weighted by atomic mass is 9.86. The Morgan fingerprint density at radius 2 is 1.66 bits per heavy atom. The number of nitrogens with zero attached hydrogens (tertiary/aromatic N) is 1. The van der Waals surface area contributed by atoms with Gasteiger partial charge in [0, 0.05) is 11.6 Å². The minimum Gasteiger partial charge on any atom is -0.493 e. The van der Waals surface area contributed by atoms with E-state index in [0.29, 0.717) is 22.7 Å². The number of hydrogen-bond acceptors (Lipinski definition) is 6. The third-order valence-corrected chi connectivity index (χ3v) is 5.52. The molecule has 2 amide bonds. The van der Waals surface area contributed by atoms with Crippen molar-refractivity contribution in [2.45, 2.75) is 12.1 Å². The summed E-state index contributed by atoms with van der Waals surface area (Å²) in [4.78, 5) is 39.4. The van der Waals surface area contributed by atoms with Crippen LogP contribution in [0, 0.1) is 11.8 Å². The number of ether oxygens (including phenoxy) is 2. The highest BCUT2D eigenvalue weighted by Crippen LogP contribution is 2.48. The van der Waals surface area contributed by atoms with Crippen LogP contribution < -0.4 is 19.7 Å². The SMILES string of the molecule is COc1cccc(C2NC(C(=O)O)C3C(=O)N(c4ccccc4)C(=O)C23)c1OC. The van der Waals surface area contributed by atoms with Crippen LogP contribution in [0.15, 0.2) is 48.5 Å². The van der Waals surface area contributed by atoms with Gasteiger partial charge in [0.25, 0.3) is 0 Å². The Kier molecular flexibility index (Phi) is 4.71. The van der Waals surface area contributed by atoms with Gasteiger partial charge in [-0.05, 0) is 18.2 Å². The van der Waals surface area contributed by atoms with Gasteiger partial charge in [-0.2, -0.15) is 0 Å². The minimum absolute atomic E-state index is 0.399. The molecule has 0 aromatic heterocycles. The van der Waals surface area contributed by atoms with Gasteiger partial charge in [0.15, 0.2) is 11.5 Å². The van der Waals surface area contributed by atoms with Gasteiger partial charge in [0.1, 0.15) is 6.04 Å². The van der Waals surface area contributed by atoms with E-state index in [1.165, 1.54) is 14.2 Å². The first kappa shape index (κ1) is 18.9. The zero-order valence-electron chi connectivity index (χ0n) is 15.9. The summed E-state index contributed by atoms with van der Waals surface area (Å²) in [5.74, 6) is -3.16. The smallest absolute Gasteiger partial charge is 0.321 e. The molecule has 2 heterocycles. The molecule has 8 heteroatoms. The molecule has 0 saturated carbocycles. The Labute approximate surface area is 167 Å². The number of hydrogen-bond donors (Lipinski definition) is 2. The monoisotopic (exact) mass is 396 g/mol. The quantitative estimate of drug-likeness (QED) is 0.740. The van der Waals surface area contributed by atoms with Gasteiger partial charge in [-0.3, -0.25) is 19.7 Å². The van der Waals surface area contributed by atoms with Crippen molar-refractivity contribution >= 4 is 23.5 Å². The molecular weight excluding hydrogens is 376 g/mol. The number of para-hydroxylation sites is 2. The number of carboxylic acid groups (broad SMARTS) is 1. The summed E-state index contributed by atoms with van der Waals surface area (Å²) >= 11 is 0. The first-order chi connectivity index (χ1) is 14.0. The van der Waals surface area contributed by atoms with Crippen LogP contribution in [-0.2, 0) is 14.4 Å². The topological polar surface area (TPSA) is 105 Å². The number of amides is 2. The lowest BCUT2D eigenvalue weighted by Crippen LogP contribution is -2.43. The maximum Gasteiger partial charge on any atom is 0.321 e. The van der Waals surface area contributed by atoms with Crippen molar-refractivity contribution in [3.8, 4) is 11.5 Å². The first-order valence-electron chi connectivity index (χ1n) is 9.12. The van der Waals surface area contributed by atoms with Crippen LogP contribution >= 0.6 is 0 Å². The molecule has 150 valence electrons. The third kappa shape index (κ3) is 2.84. The van der Waals surface area contributed by atoms with Gasteiger partial charge in [-0.15, -0.1) is 0 Å². The van der Waals surface area contributed by atoms with E-state index >= 15 is 0 Å². The number of imide groups is 1. The van der Waals surface area contributed by atoms with Crippen molar-refractivity contribution in [1.82, 2.24) is 5.32 Å². The normalized spacial score (nSPS) is 25.8. The lowest BCUT2D eigenvalue weighted by Gasteiger charge is -2.23. The second kappa shape index (κ2) is 7.21. The summed E-state index contributed by atoms with van der Waals surface area (Å²) in [6, 6.07) is 11.8. The fourth-order valence-electron chi connectivity index (χ4n) is 4.31. The molecule has 2 aliphatic heterocycles. The van der Waals surface area contributed by atoms with Gasteiger partial charge in [-0.25, -0.2) is 4.90 Å². The average molecular weight is 396 g/mol. The van der Waals surface area contributed by atoms with Crippen LogP contribution in [0.3, 0.4) is 0 Å². The van der Waals surface area contributed by atoms with E-state index in [4.69, 9.17) is 9.47 Å². The van der Waals surface area contributed by atoms with Gasteiger partial charge in [0.05, 0.1) is 31.7 Å². The summed E-state index contributed by atoms with van der Waals surface area (Å²) in [6.07, 6.45) is 0.